The molecule has 5 heteroatoms. The molecular formula is C32H43NO4. The summed E-state index contributed by atoms with van der Waals surface area (Å²) in [5, 5.41) is 9.10. The van der Waals surface area contributed by atoms with Gasteiger partial charge in [-0.2, -0.15) is 0 Å². The topological polar surface area (TPSA) is 71.6 Å². The molecule has 200 valence electrons. The highest BCUT2D eigenvalue weighted by atomic mass is 16.5. The molecule has 0 amide bonds. The molecule has 0 aliphatic heterocycles. The van der Waals surface area contributed by atoms with Crippen molar-refractivity contribution in [1.29, 1.82) is 0 Å². The molecular weight excluding hydrogens is 462 g/mol. The van der Waals surface area contributed by atoms with Crippen LogP contribution >= 0.6 is 0 Å². The molecule has 2 N–H and O–H groups in total. The molecule has 0 radical (unpaired) electrons. The maximum Gasteiger partial charge on any atom is 0.303 e. The minimum absolute atomic E-state index is 0.0892. The van der Waals surface area contributed by atoms with Gasteiger partial charge in [0.2, 0.25) is 0 Å². The summed E-state index contributed by atoms with van der Waals surface area (Å²) in [5.41, 5.74) is 7.16. The first kappa shape index (κ1) is 28.4. The number of hydrogen-bond acceptors (Lipinski definition) is 3. The van der Waals surface area contributed by atoms with E-state index in [1.165, 1.54) is 22.4 Å². The van der Waals surface area contributed by atoms with Gasteiger partial charge < -0.3 is 19.6 Å². The maximum atomic E-state index is 11.1. The number of aromatic amines is 1. The van der Waals surface area contributed by atoms with Gasteiger partial charge in [-0.25, -0.2) is 0 Å². The summed E-state index contributed by atoms with van der Waals surface area (Å²) >= 11 is 0. The number of allylic oxidation sites excluding steroid dienone is 4. The van der Waals surface area contributed by atoms with Crippen LogP contribution in [0.3, 0.4) is 0 Å². The van der Waals surface area contributed by atoms with Gasteiger partial charge in [0.1, 0.15) is 11.5 Å². The van der Waals surface area contributed by atoms with Crippen molar-refractivity contribution < 1.29 is 19.4 Å². The van der Waals surface area contributed by atoms with E-state index in [-0.39, 0.29) is 17.8 Å². The van der Waals surface area contributed by atoms with E-state index in [1.54, 1.807) is 6.08 Å². The Morgan fingerprint density at radius 3 is 2.65 bits per heavy atom. The van der Waals surface area contributed by atoms with Crippen molar-refractivity contribution in [2.24, 2.45) is 5.92 Å². The Kier molecular flexibility index (Phi) is 9.85. The van der Waals surface area contributed by atoms with E-state index in [1.807, 2.05) is 13.0 Å². The summed E-state index contributed by atoms with van der Waals surface area (Å²) in [7, 11) is 0. The summed E-state index contributed by atoms with van der Waals surface area (Å²) in [6.45, 7) is 15.8. The van der Waals surface area contributed by atoms with Crippen LogP contribution in [-0.4, -0.2) is 29.3 Å². The molecule has 0 saturated heterocycles. The number of carboxylic acid groups (broad SMARTS) is 1. The van der Waals surface area contributed by atoms with E-state index in [9.17, 15) is 4.79 Å². The molecule has 0 spiro atoms. The molecule has 1 unspecified atom stereocenters. The van der Waals surface area contributed by atoms with Crippen LogP contribution in [0.15, 0.2) is 66.0 Å². The number of hydrogen-bond donors (Lipinski definition) is 2. The lowest BCUT2D eigenvalue weighted by molar-refractivity contribution is -0.137. The molecule has 1 aliphatic rings. The van der Waals surface area contributed by atoms with E-state index in [4.69, 9.17) is 14.6 Å². The van der Waals surface area contributed by atoms with Crippen molar-refractivity contribution in [3.05, 3.63) is 77.2 Å². The van der Waals surface area contributed by atoms with Gasteiger partial charge in [0.15, 0.2) is 0 Å². The summed E-state index contributed by atoms with van der Waals surface area (Å²) in [5.74, 6) is 1.03. The molecule has 1 aromatic heterocycles. The number of aromatic nitrogens is 1. The molecule has 1 heterocycles. The Balaban J connectivity index is 1.55. The first-order chi connectivity index (χ1) is 17.6. The number of aliphatic carboxylic acids is 1. The van der Waals surface area contributed by atoms with Gasteiger partial charge >= 0.3 is 5.97 Å². The van der Waals surface area contributed by atoms with Crippen LogP contribution in [0.5, 0.6) is 5.75 Å². The zero-order valence-corrected chi connectivity index (χ0v) is 23.2. The van der Waals surface area contributed by atoms with Crippen molar-refractivity contribution in [3.63, 3.8) is 0 Å². The van der Waals surface area contributed by atoms with Crippen LogP contribution in [0.1, 0.15) is 78.0 Å². The number of rotatable bonds is 13. The van der Waals surface area contributed by atoms with Gasteiger partial charge in [-0.05, 0) is 91.3 Å². The van der Waals surface area contributed by atoms with Crippen LogP contribution in [-0.2, 0) is 21.4 Å². The molecule has 3 rings (SSSR count). The second kappa shape index (κ2) is 12.8. The maximum absolute atomic E-state index is 11.1. The van der Waals surface area contributed by atoms with Crippen LogP contribution in [0, 0.1) is 5.92 Å². The minimum atomic E-state index is -0.745. The Labute approximate surface area is 222 Å². The number of carboxylic acids is 1. The molecule has 1 atom stereocenters. The number of H-pyrrole nitrogens is 1. The first-order valence-electron chi connectivity index (χ1n) is 13.5. The van der Waals surface area contributed by atoms with Gasteiger partial charge in [0, 0.05) is 23.2 Å². The number of carbonyl (C=O) groups is 1. The van der Waals surface area contributed by atoms with E-state index in [0.29, 0.717) is 13.2 Å². The predicted molar refractivity (Wildman–Crippen MR) is 151 cm³/mol. The molecule has 37 heavy (non-hydrogen) atoms. The fourth-order valence-electron chi connectivity index (χ4n) is 4.77. The van der Waals surface area contributed by atoms with Gasteiger partial charge in [0.05, 0.1) is 19.6 Å². The fourth-order valence-corrected chi connectivity index (χ4v) is 4.77. The van der Waals surface area contributed by atoms with Gasteiger partial charge in [-0.1, -0.05) is 46.3 Å². The van der Waals surface area contributed by atoms with Crippen molar-refractivity contribution in [1.82, 2.24) is 4.98 Å². The summed E-state index contributed by atoms with van der Waals surface area (Å²) in [6, 6.07) is 10.8. The first-order valence-corrected chi connectivity index (χ1v) is 13.5. The molecule has 0 bridgehead atoms. The van der Waals surface area contributed by atoms with Gasteiger partial charge in [0.25, 0.3) is 0 Å². The molecule has 0 fully saturated rings. The van der Waals surface area contributed by atoms with Crippen LogP contribution in [0.2, 0.25) is 0 Å². The van der Waals surface area contributed by atoms with Crippen LogP contribution in [0.25, 0.3) is 11.3 Å². The summed E-state index contributed by atoms with van der Waals surface area (Å²) < 4.78 is 12.1. The molecule has 5 nitrogen and oxygen atoms in total. The van der Waals surface area contributed by atoms with Gasteiger partial charge in [-0.3, -0.25) is 4.79 Å². The SMILES string of the molecule is C=CC(=CC1=C(C)C(CC(=O)O)CC1)OCCCOc1ccc(-c2ccc(C(C)(C)C)[nH]2)cc1CCC. The average Bonchev–Trinajstić information content (AvgIpc) is 3.47. The fraction of sp³-hybridized carbons (Fsp3) is 0.469. The lowest BCUT2D eigenvalue weighted by Gasteiger charge is -2.16. The van der Waals surface area contributed by atoms with E-state index in [2.05, 4.69) is 69.6 Å². The third kappa shape index (κ3) is 7.88. The zero-order chi connectivity index (χ0) is 27.0. The highest BCUT2D eigenvalue weighted by Gasteiger charge is 2.23. The number of ether oxygens (including phenoxy) is 2. The summed E-state index contributed by atoms with van der Waals surface area (Å²) in [6.07, 6.45) is 8.44. The number of nitrogens with one attached hydrogen (secondary N) is 1. The number of benzene rings is 1. The normalized spacial score (nSPS) is 16.2. The third-order valence-corrected chi connectivity index (χ3v) is 7.02. The molecule has 2 aromatic rings. The Bertz CT molecular complexity index is 1150. The average molecular weight is 506 g/mol. The number of aryl methyl sites for hydroxylation is 1. The van der Waals surface area contributed by atoms with E-state index in [0.717, 1.165) is 54.9 Å². The van der Waals surface area contributed by atoms with E-state index >= 15 is 0 Å². The van der Waals surface area contributed by atoms with Gasteiger partial charge in [-0.15, -0.1) is 0 Å². The monoisotopic (exact) mass is 505 g/mol. The smallest absolute Gasteiger partial charge is 0.303 e. The van der Waals surface area contributed by atoms with Crippen molar-refractivity contribution in [3.8, 4) is 17.0 Å². The van der Waals surface area contributed by atoms with Crippen LogP contribution in [0.4, 0.5) is 0 Å². The highest BCUT2D eigenvalue weighted by Crippen LogP contribution is 2.35. The standard InChI is InChI=1S/C32H43NO4/c1-7-10-26-19-25(28-14-16-30(33-28)32(4,5)6)13-15-29(26)37-18-9-17-36-27(8-2)20-23-11-12-24(22(23)3)21-31(34)35/h8,13-16,19-20,24,33H,2,7,9-12,17-18,21H2,1,3-6H3,(H,34,35). The lowest BCUT2D eigenvalue weighted by Crippen LogP contribution is -2.11. The largest absolute Gasteiger partial charge is 0.493 e. The second-order valence-electron chi connectivity index (χ2n) is 11.0. The molecule has 1 aromatic carbocycles. The van der Waals surface area contributed by atoms with Crippen LogP contribution < -0.4 is 4.74 Å². The third-order valence-electron chi connectivity index (χ3n) is 7.02. The second-order valence-corrected chi connectivity index (χ2v) is 11.0. The van der Waals surface area contributed by atoms with Crippen molar-refractivity contribution in [2.45, 2.75) is 78.6 Å². The van der Waals surface area contributed by atoms with Crippen molar-refractivity contribution in [2.75, 3.05) is 13.2 Å². The van der Waals surface area contributed by atoms with Crippen molar-refractivity contribution >= 4 is 5.97 Å². The molecule has 1 aliphatic carbocycles. The predicted octanol–water partition coefficient (Wildman–Crippen LogP) is 7.99. The molecule has 0 saturated carbocycles. The Morgan fingerprint density at radius 1 is 1.22 bits per heavy atom. The Morgan fingerprint density at radius 2 is 2.00 bits per heavy atom. The zero-order valence-electron chi connectivity index (χ0n) is 23.2. The van der Waals surface area contributed by atoms with E-state index < -0.39 is 5.97 Å². The summed E-state index contributed by atoms with van der Waals surface area (Å²) in [4.78, 5) is 14.6. The minimum Gasteiger partial charge on any atom is -0.493 e. The Hall–Kier alpha value is -3.21. The quantitative estimate of drug-likeness (QED) is 0.164. The lowest BCUT2D eigenvalue weighted by atomic mass is 9.93. The highest BCUT2D eigenvalue weighted by molar-refractivity contribution is 5.68.